The normalized spacial score (nSPS) is 19.6. The average molecular weight is 395 g/mol. The molecule has 5 heteroatoms. The van der Waals surface area contributed by atoms with Gasteiger partial charge >= 0.3 is 0 Å². The minimum absolute atomic E-state index is 0.104. The molecule has 1 aromatic heterocycles. The number of piperidine rings is 1. The highest BCUT2D eigenvalue weighted by Crippen LogP contribution is 2.28. The van der Waals surface area contributed by atoms with E-state index in [0.29, 0.717) is 12.6 Å². The predicted octanol–water partition coefficient (Wildman–Crippen LogP) is 3.92. The van der Waals surface area contributed by atoms with E-state index in [1.807, 2.05) is 6.07 Å². The van der Waals surface area contributed by atoms with E-state index in [-0.39, 0.29) is 5.91 Å². The summed E-state index contributed by atoms with van der Waals surface area (Å²) in [6.45, 7) is 5.72. The number of nitrogens with one attached hydrogen (secondary N) is 2. The molecular weight excluding hydrogens is 366 g/mol. The first-order valence-electron chi connectivity index (χ1n) is 10.2. The molecule has 0 aliphatic carbocycles. The number of hydrogen-bond donors (Lipinski definition) is 2. The van der Waals surface area contributed by atoms with Gasteiger partial charge in [-0.1, -0.05) is 37.3 Å². The van der Waals surface area contributed by atoms with Gasteiger partial charge in [0.2, 0.25) is 0 Å². The Morgan fingerprint density at radius 2 is 2.07 bits per heavy atom. The molecule has 2 aromatic carbocycles. The Morgan fingerprint density at radius 1 is 1.21 bits per heavy atom. The number of benzene rings is 2. The first kappa shape index (κ1) is 19.1. The van der Waals surface area contributed by atoms with Gasteiger partial charge in [0, 0.05) is 12.1 Å². The molecule has 4 rings (SSSR count). The fourth-order valence-electron chi connectivity index (χ4n) is 4.22. The molecule has 1 aliphatic rings. The molecule has 0 radical (unpaired) electrons. The molecule has 3 aromatic rings. The molecule has 0 saturated carbocycles. The van der Waals surface area contributed by atoms with E-state index in [1.165, 1.54) is 33.0 Å². The van der Waals surface area contributed by atoms with Crippen molar-refractivity contribution in [2.75, 3.05) is 18.4 Å². The molecule has 28 heavy (non-hydrogen) atoms. The van der Waals surface area contributed by atoms with Crippen LogP contribution in [0, 0.1) is 6.92 Å². The zero-order chi connectivity index (χ0) is 19.5. The number of rotatable bonds is 5. The second kappa shape index (κ2) is 8.41. The Balaban J connectivity index is 1.51. The second-order valence-corrected chi connectivity index (χ2v) is 8.73. The summed E-state index contributed by atoms with van der Waals surface area (Å²) in [5, 5.41) is 4.37. The summed E-state index contributed by atoms with van der Waals surface area (Å²) in [4.78, 5) is 19.1. The first-order valence-corrected chi connectivity index (χ1v) is 11.1. The molecule has 146 valence electrons. The van der Waals surface area contributed by atoms with Crippen LogP contribution in [-0.4, -0.2) is 24.0 Å². The third kappa shape index (κ3) is 3.96. The molecular formula is C23H28N3OS+. The monoisotopic (exact) mass is 394 g/mol. The van der Waals surface area contributed by atoms with Gasteiger partial charge in [-0.25, -0.2) is 4.98 Å². The first-order chi connectivity index (χ1) is 13.7. The van der Waals surface area contributed by atoms with E-state index in [0.717, 1.165) is 36.2 Å². The maximum atomic E-state index is 12.9. The molecule has 1 saturated heterocycles. The van der Waals surface area contributed by atoms with Crippen LogP contribution < -0.4 is 10.2 Å². The number of aryl methyl sites for hydroxylation is 2. The number of para-hydroxylation sites is 2. The number of carbonyl (C=O) groups is 1. The van der Waals surface area contributed by atoms with Gasteiger partial charge in [-0.2, -0.15) is 0 Å². The van der Waals surface area contributed by atoms with Crippen molar-refractivity contribution < 1.29 is 9.69 Å². The topological polar surface area (TPSA) is 46.4 Å². The minimum Gasteiger partial charge on any atom is -0.321 e. The third-order valence-electron chi connectivity index (χ3n) is 5.73. The van der Waals surface area contributed by atoms with Crippen LogP contribution in [0.15, 0.2) is 42.5 Å². The molecule has 4 nitrogen and oxygen atoms in total. The van der Waals surface area contributed by atoms with Crippen molar-refractivity contribution in [3.05, 3.63) is 58.6 Å². The van der Waals surface area contributed by atoms with Gasteiger partial charge in [-0.15, -0.1) is 11.3 Å². The van der Waals surface area contributed by atoms with Gasteiger partial charge < -0.3 is 10.2 Å². The molecule has 1 aliphatic heterocycles. The van der Waals surface area contributed by atoms with Gasteiger partial charge in [0.05, 0.1) is 16.8 Å². The van der Waals surface area contributed by atoms with Crippen LogP contribution in [0.3, 0.4) is 0 Å². The number of aromatic nitrogens is 1. The Kier molecular flexibility index (Phi) is 5.74. The van der Waals surface area contributed by atoms with Crippen molar-refractivity contribution >= 4 is 33.1 Å². The maximum Gasteiger partial charge on any atom is 0.279 e. The standard InChI is InChI=1S/C23H27N3OS/c1-3-17-10-8-9-16(2)22(17)25-21(27)15-26-14-7-6-12-19(26)23-24-18-11-4-5-13-20(18)28-23/h4-5,8-11,13,19H,3,6-7,12,14-15H2,1-2H3,(H,25,27)/p+1/t19-/m1/s1. The number of quaternary nitrogens is 1. The number of nitrogens with zero attached hydrogens (tertiary/aromatic N) is 1. The number of likely N-dealkylation sites (tertiary alicyclic amines) is 1. The quantitative estimate of drug-likeness (QED) is 0.689. The number of carbonyl (C=O) groups excluding carboxylic acids is 1. The fraction of sp³-hybridized carbons (Fsp3) is 0.391. The number of anilines is 1. The van der Waals surface area contributed by atoms with E-state index in [2.05, 4.69) is 55.6 Å². The summed E-state index contributed by atoms with van der Waals surface area (Å²) < 4.78 is 1.24. The summed E-state index contributed by atoms with van der Waals surface area (Å²) in [5.41, 5.74) is 4.39. The highest BCUT2D eigenvalue weighted by Gasteiger charge is 2.32. The van der Waals surface area contributed by atoms with Gasteiger partial charge in [-0.3, -0.25) is 4.79 Å². The molecule has 1 fully saturated rings. The second-order valence-electron chi connectivity index (χ2n) is 7.66. The van der Waals surface area contributed by atoms with Gasteiger partial charge in [0.15, 0.2) is 11.6 Å². The summed E-state index contributed by atoms with van der Waals surface area (Å²) in [5.74, 6) is 0.104. The van der Waals surface area contributed by atoms with Crippen molar-refractivity contribution in [1.82, 2.24) is 4.98 Å². The number of thiazole rings is 1. The number of hydrogen-bond acceptors (Lipinski definition) is 3. The van der Waals surface area contributed by atoms with Crippen LogP contribution in [0.25, 0.3) is 10.2 Å². The summed E-state index contributed by atoms with van der Waals surface area (Å²) in [7, 11) is 0. The molecule has 2 N–H and O–H groups in total. The van der Waals surface area contributed by atoms with Crippen LogP contribution in [-0.2, 0) is 11.2 Å². The van der Waals surface area contributed by atoms with Gasteiger partial charge in [0.25, 0.3) is 5.91 Å². The molecule has 2 heterocycles. The highest BCUT2D eigenvalue weighted by molar-refractivity contribution is 7.18. The molecule has 0 bridgehead atoms. The Labute approximate surface area is 170 Å². The van der Waals surface area contributed by atoms with Gasteiger partial charge in [0.1, 0.15) is 6.04 Å². The Bertz CT molecular complexity index is 948. The zero-order valence-corrected chi connectivity index (χ0v) is 17.4. The lowest BCUT2D eigenvalue weighted by Crippen LogP contribution is -3.14. The lowest BCUT2D eigenvalue weighted by molar-refractivity contribution is -0.929. The van der Waals surface area contributed by atoms with Crippen LogP contribution in [0.5, 0.6) is 0 Å². The lowest BCUT2D eigenvalue weighted by Gasteiger charge is -2.31. The molecule has 0 spiro atoms. The zero-order valence-electron chi connectivity index (χ0n) is 16.6. The summed E-state index contributed by atoms with van der Waals surface area (Å²) in [6, 6.07) is 14.9. The van der Waals surface area contributed by atoms with Crippen LogP contribution in [0.4, 0.5) is 5.69 Å². The van der Waals surface area contributed by atoms with Crippen LogP contribution >= 0.6 is 11.3 Å². The van der Waals surface area contributed by atoms with E-state index in [9.17, 15) is 4.79 Å². The van der Waals surface area contributed by atoms with Gasteiger partial charge in [-0.05, 0) is 49.4 Å². The molecule has 1 unspecified atom stereocenters. The summed E-state index contributed by atoms with van der Waals surface area (Å²) in [6.07, 6.45) is 4.41. The highest BCUT2D eigenvalue weighted by atomic mass is 32.1. The van der Waals surface area contributed by atoms with Crippen molar-refractivity contribution in [1.29, 1.82) is 0 Å². The maximum absolute atomic E-state index is 12.9. The van der Waals surface area contributed by atoms with E-state index in [1.54, 1.807) is 11.3 Å². The van der Waals surface area contributed by atoms with E-state index in [4.69, 9.17) is 4.98 Å². The van der Waals surface area contributed by atoms with E-state index < -0.39 is 0 Å². The van der Waals surface area contributed by atoms with Crippen molar-refractivity contribution in [2.24, 2.45) is 0 Å². The van der Waals surface area contributed by atoms with Crippen molar-refractivity contribution in [3.63, 3.8) is 0 Å². The Morgan fingerprint density at radius 3 is 2.89 bits per heavy atom. The van der Waals surface area contributed by atoms with E-state index >= 15 is 0 Å². The minimum atomic E-state index is 0.104. The lowest BCUT2D eigenvalue weighted by atomic mass is 10.0. The number of amides is 1. The van der Waals surface area contributed by atoms with Crippen LogP contribution in [0.1, 0.15) is 48.4 Å². The largest absolute Gasteiger partial charge is 0.321 e. The van der Waals surface area contributed by atoms with Crippen LogP contribution in [0.2, 0.25) is 0 Å². The molecule has 1 amide bonds. The third-order valence-corrected chi connectivity index (χ3v) is 6.88. The summed E-state index contributed by atoms with van der Waals surface area (Å²) >= 11 is 1.78. The smallest absolute Gasteiger partial charge is 0.279 e. The SMILES string of the molecule is CCc1cccc(C)c1NC(=O)C[NH+]1CCCC[C@@H]1c1nc2ccccc2s1. The fourth-order valence-corrected chi connectivity index (χ4v) is 5.38. The molecule has 2 atom stereocenters. The average Bonchev–Trinajstić information content (AvgIpc) is 3.14. The van der Waals surface area contributed by atoms with Crippen molar-refractivity contribution in [3.8, 4) is 0 Å². The Hall–Kier alpha value is -2.24. The number of fused-ring (bicyclic) bond motifs is 1. The van der Waals surface area contributed by atoms with Crippen molar-refractivity contribution in [2.45, 2.75) is 45.6 Å². The predicted molar refractivity (Wildman–Crippen MR) is 116 cm³/mol.